The molecule has 2 amide bonds. The Morgan fingerprint density at radius 1 is 1.29 bits per heavy atom. The normalized spacial score (nSPS) is 27.1. The predicted molar refractivity (Wildman–Crippen MR) is 106 cm³/mol. The van der Waals surface area contributed by atoms with Crippen molar-refractivity contribution in [2.45, 2.75) is 39.2 Å². The number of hydrogen-bond acceptors (Lipinski definition) is 5. The molecule has 0 radical (unpaired) electrons. The molecule has 4 rings (SSSR count). The van der Waals surface area contributed by atoms with Crippen molar-refractivity contribution in [2.75, 3.05) is 39.3 Å². The van der Waals surface area contributed by atoms with Gasteiger partial charge in [0.25, 0.3) is 5.91 Å². The van der Waals surface area contributed by atoms with Crippen LogP contribution in [0.1, 0.15) is 44.1 Å². The highest BCUT2D eigenvalue weighted by Crippen LogP contribution is 2.49. The van der Waals surface area contributed by atoms with E-state index in [9.17, 15) is 9.59 Å². The van der Waals surface area contributed by atoms with Gasteiger partial charge in [-0.2, -0.15) is 0 Å². The van der Waals surface area contributed by atoms with Gasteiger partial charge in [-0.05, 0) is 31.7 Å². The number of aromatic nitrogens is 2. The lowest BCUT2D eigenvalue weighted by atomic mass is 9.75. The Bertz CT molecular complexity index is 730. The zero-order valence-electron chi connectivity index (χ0n) is 17.2. The first-order valence-corrected chi connectivity index (χ1v) is 10.6. The predicted octanol–water partition coefficient (Wildman–Crippen LogP) is 1.52. The first-order chi connectivity index (χ1) is 13.5. The molecule has 1 spiro atoms. The first-order valence-electron chi connectivity index (χ1n) is 10.6. The topological polar surface area (TPSA) is 69.6 Å². The minimum atomic E-state index is -0.0926. The third-order valence-corrected chi connectivity index (χ3v) is 6.86. The Morgan fingerprint density at radius 3 is 2.64 bits per heavy atom. The molecule has 0 saturated carbocycles. The van der Waals surface area contributed by atoms with E-state index in [2.05, 4.69) is 40.5 Å². The van der Waals surface area contributed by atoms with Gasteiger partial charge in [0.2, 0.25) is 5.91 Å². The molecule has 0 N–H and O–H groups in total. The van der Waals surface area contributed by atoms with Gasteiger partial charge in [0, 0.05) is 51.4 Å². The summed E-state index contributed by atoms with van der Waals surface area (Å²) in [6.07, 6.45) is 4.74. The average molecular weight is 386 g/mol. The summed E-state index contributed by atoms with van der Waals surface area (Å²) in [5, 5.41) is 0. The smallest absolute Gasteiger partial charge is 0.272 e. The zero-order chi connectivity index (χ0) is 19.9. The lowest BCUT2D eigenvalue weighted by molar-refractivity contribution is -0.135. The second-order valence-corrected chi connectivity index (χ2v) is 8.90. The standard InChI is InChI=1S/C21H31N5O2/c1-4-26-19(27)16-12-24(11-15(2)3)13-17(16)21(26)6-9-25(10-7-21)20(28)18-5-8-22-14-23-18/h5,8,14-17H,4,6-7,9-13H2,1-3H3/t16-,17+/m0/s1. The number of piperidine rings is 1. The zero-order valence-corrected chi connectivity index (χ0v) is 17.2. The molecule has 1 aromatic heterocycles. The van der Waals surface area contributed by atoms with Gasteiger partial charge in [0.1, 0.15) is 12.0 Å². The molecule has 3 aliphatic rings. The SMILES string of the molecule is CCN1C(=O)[C@H]2CN(CC(C)C)C[C@H]2C12CCN(C(=O)c1ccncn1)CC2. The van der Waals surface area contributed by atoms with Crippen LogP contribution in [-0.4, -0.2) is 81.3 Å². The van der Waals surface area contributed by atoms with Gasteiger partial charge in [0.05, 0.1) is 11.5 Å². The molecule has 1 aromatic rings. The maximum Gasteiger partial charge on any atom is 0.272 e. The first kappa shape index (κ1) is 19.3. The summed E-state index contributed by atoms with van der Waals surface area (Å²) in [7, 11) is 0. The van der Waals surface area contributed by atoms with Gasteiger partial charge in [-0.1, -0.05) is 13.8 Å². The van der Waals surface area contributed by atoms with Crippen LogP contribution in [0.5, 0.6) is 0 Å². The van der Waals surface area contributed by atoms with Gasteiger partial charge >= 0.3 is 0 Å². The van der Waals surface area contributed by atoms with Crippen molar-refractivity contribution in [3.05, 3.63) is 24.3 Å². The second-order valence-electron chi connectivity index (χ2n) is 8.90. The van der Waals surface area contributed by atoms with E-state index in [1.54, 1.807) is 12.3 Å². The van der Waals surface area contributed by atoms with Crippen LogP contribution in [0.2, 0.25) is 0 Å². The van der Waals surface area contributed by atoms with Crippen LogP contribution in [0.25, 0.3) is 0 Å². The Kier molecular flexibility index (Phi) is 5.12. The van der Waals surface area contributed by atoms with Gasteiger partial charge in [0.15, 0.2) is 0 Å². The lowest BCUT2D eigenvalue weighted by Gasteiger charge is -2.47. The molecule has 2 atom stereocenters. The molecular weight excluding hydrogens is 354 g/mol. The molecule has 4 heterocycles. The van der Waals surface area contributed by atoms with E-state index in [1.165, 1.54) is 6.33 Å². The van der Waals surface area contributed by atoms with Gasteiger partial charge in [-0.15, -0.1) is 0 Å². The number of likely N-dealkylation sites (tertiary alicyclic amines) is 3. The molecule has 0 aliphatic carbocycles. The third kappa shape index (κ3) is 3.09. The van der Waals surface area contributed by atoms with Crippen molar-refractivity contribution in [3.63, 3.8) is 0 Å². The average Bonchev–Trinajstić information content (AvgIpc) is 3.20. The molecule has 3 aliphatic heterocycles. The highest BCUT2D eigenvalue weighted by atomic mass is 16.2. The van der Waals surface area contributed by atoms with Crippen LogP contribution in [0.15, 0.2) is 18.6 Å². The van der Waals surface area contributed by atoms with E-state index in [1.807, 2.05) is 4.90 Å². The Balaban J connectivity index is 1.50. The summed E-state index contributed by atoms with van der Waals surface area (Å²) in [6.45, 7) is 11.6. The highest BCUT2D eigenvalue weighted by Gasteiger charge is 2.61. The molecule has 0 unspecified atom stereocenters. The largest absolute Gasteiger partial charge is 0.337 e. The number of carbonyl (C=O) groups excluding carboxylic acids is 2. The Hall–Kier alpha value is -2.02. The van der Waals surface area contributed by atoms with Crippen LogP contribution in [0.3, 0.4) is 0 Å². The van der Waals surface area contributed by atoms with Gasteiger partial charge in [-0.25, -0.2) is 9.97 Å². The number of amides is 2. The number of nitrogens with zero attached hydrogens (tertiary/aromatic N) is 5. The molecule has 3 fully saturated rings. The van der Waals surface area contributed by atoms with E-state index in [0.717, 1.165) is 39.0 Å². The summed E-state index contributed by atoms with van der Waals surface area (Å²) in [4.78, 5) is 40.4. The molecule has 0 aromatic carbocycles. The molecule has 28 heavy (non-hydrogen) atoms. The fourth-order valence-electron chi connectivity index (χ4n) is 5.75. The minimum Gasteiger partial charge on any atom is -0.337 e. The Morgan fingerprint density at radius 2 is 2.04 bits per heavy atom. The van der Waals surface area contributed by atoms with Crippen LogP contribution >= 0.6 is 0 Å². The van der Waals surface area contributed by atoms with Gasteiger partial charge < -0.3 is 14.7 Å². The Labute approximate surface area is 167 Å². The number of fused-ring (bicyclic) bond motifs is 2. The van der Waals surface area contributed by atoms with Crippen LogP contribution in [0, 0.1) is 17.8 Å². The molecule has 152 valence electrons. The summed E-state index contributed by atoms with van der Waals surface area (Å²) in [5.74, 6) is 1.42. The monoisotopic (exact) mass is 385 g/mol. The number of carbonyl (C=O) groups is 2. The summed E-state index contributed by atoms with van der Waals surface area (Å²) >= 11 is 0. The maximum atomic E-state index is 13.2. The molecule has 7 heteroatoms. The van der Waals surface area contributed by atoms with E-state index < -0.39 is 0 Å². The van der Waals surface area contributed by atoms with E-state index in [4.69, 9.17) is 0 Å². The van der Waals surface area contributed by atoms with E-state index >= 15 is 0 Å². The third-order valence-electron chi connectivity index (χ3n) is 6.86. The summed E-state index contributed by atoms with van der Waals surface area (Å²) in [6, 6.07) is 1.67. The molecule has 0 bridgehead atoms. The second kappa shape index (κ2) is 7.43. The lowest BCUT2D eigenvalue weighted by Crippen LogP contribution is -2.58. The fourth-order valence-corrected chi connectivity index (χ4v) is 5.75. The maximum absolute atomic E-state index is 13.2. The van der Waals surface area contributed by atoms with Crippen LogP contribution in [-0.2, 0) is 4.79 Å². The van der Waals surface area contributed by atoms with Crippen molar-refractivity contribution < 1.29 is 9.59 Å². The molecule has 3 saturated heterocycles. The van der Waals surface area contributed by atoms with Gasteiger partial charge in [-0.3, -0.25) is 9.59 Å². The number of rotatable bonds is 4. The van der Waals surface area contributed by atoms with Crippen LogP contribution in [0.4, 0.5) is 0 Å². The van der Waals surface area contributed by atoms with Crippen molar-refractivity contribution in [3.8, 4) is 0 Å². The summed E-state index contributed by atoms with van der Waals surface area (Å²) in [5.41, 5.74) is 0.354. The highest BCUT2D eigenvalue weighted by molar-refractivity contribution is 5.92. The minimum absolute atomic E-state index is 0.0333. The van der Waals surface area contributed by atoms with Crippen molar-refractivity contribution >= 4 is 11.8 Å². The quantitative estimate of drug-likeness (QED) is 0.786. The van der Waals surface area contributed by atoms with E-state index in [-0.39, 0.29) is 17.4 Å². The molecule has 7 nitrogen and oxygen atoms in total. The fraction of sp³-hybridized carbons (Fsp3) is 0.714. The summed E-state index contributed by atoms with van der Waals surface area (Å²) < 4.78 is 0. The van der Waals surface area contributed by atoms with Crippen molar-refractivity contribution in [2.24, 2.45) is 17.8 Å². The van der Waals surface area contributed by atoms with Crippen molar-refractivity contribution in [1.82, 2.24) is 24.7 Å². The molecular formula is C21H31N5O2. The van der Waals surface area contributed by atoms with Crippen molar-refractivity contribution in [1.29, 1.82) is 0 Å². The van der Waals surface area contributed by atoms with Crippen LogP contribution < -0.4 is 0 Å². The van der Waals surface area contributed by atoms with E-state index in [0.29, 0.717) is 36.5 Å². The number of hydrogen-bond donors (Lipinski definition) is 0.